The van der Waals surface area contributed by atoms with Gasteiger partial charge in [0.25, 0.3) is 11.8 Å². The van der Waals surface area contributed by atoms with Gasteiger partial charge in [-0.25, -0.2) is 0 Å². The molecule has 156 valence electrons. The van der Waals surface area contributed by atoms with E-state index in [9.17, 15) is 9.59 Å². The molecule has 1 aliphatic carbocycles. The first-order chi connectivity index (χ1) is 15.1. The first kappa shape index (κ1) is 19.3. The van der Waals surface area contributed by atoms with Gasteiger partial charge in [0, 0.05) is 5.39 Å². The minimum atomic E-state index is -0.404. The second kappa shape index (κ2) is 7.54. The Labute approximate surface area is 180 Å². The molecule has 3 aromatic rings. The minimum absolute atomic E-state index is 0.404. The van der Waals surface area contributed by atoms with E-state index in [0.717, 1.165) is 35.0 Å². The topological polar surface area (TPSA) is 68.2 Å². The number of carbonyl (C=O) groups excluding carboxylic acids is 2. The summed E-state index contributed by atoms with van der Waals surface area (Å²) in [5, 5.41) is 7.02. The van der Waals surface area contributed by atoms with Gasteiger partial charge in [0.15, 0.2) is 11.5 Å². The fraction of sp³-hybridized carbons (Fsp3) is 0.240. The van der Waals surface area contributed by atoms with Crippen LogP contribution >= 0.6 is 0 Å². The quantitative estimate of drug-likeness (QED) is 0.444. The summed E-state index contributed by atoms with van der Waals surface area (Å²) < 4.78 is 11.1. The zero-order chi connectivity index (χ0) is 21.5. The van der Waals surface area contributed by atoms with Crippen molar-refractivity contribution < 1.29 is 19.1 Å². The van der Waals surface area contributed by atoms with Crippen LogP contribution in [-0.2, 0) is 12.8 Å². The van der Waals surface area contributed by atoms with E-state index >= 15 is 0 Å². The molecule has 2 aliphatic rings. The molecule has 1 heterocycles. The summed E-state index contributed by atoms with van der Waals surface area (Å²) in [4.78, 5) is 26.2. The first-order valence-electron chi connectivity index (χ1n) is 10.4. The van der Waals surface area contributed by atoms with Crippen molar-refractivity contribution in [3.63, 3.8) is 0 Å². The average molecular weight is 414 g/mol. The van der Waals surface area contributed by atoms with Gasteiger partial charge in [-0.15, -0.1) is 0 Å². The summed E-state index contributed by atoms with van der Waals surface area (Å²) in [5.41, 5.74) is 4.14. The van der Waals surface area contributed by atoms with Crippen molar-refractivity contribution in [2.24, 2.45) is 5.10 Å². The van der Waals surface area contributed by atoms with Gasteiger partial charge < -0.3 is 9.47 Å². The molecule has 0 bridgehead atoms. The number of hydrogen-bond donors (Lipinski definition) is 0. The number of hydrogen-bond acceptors (Lipinski definition) is 5. The number of hydrazone groups is 1. The summed E-state index contributed by atoms with van der Waals surface area (Å²) in [5.74, 6) is 0.407. The van der Waals surface area contributed by atoms with Crippen LogP contribution in [0.2, 0.25) is 0 Å². The predicted molar refractivity (Wildman–Crippen MR) is 118 cm³/mol. The van der Waals surface area contributed by atoms with Gasteiger partial charge in [-0.1, -0.05) is 19.1 Å². The number of amides is 2. The number of ether oxygens (including phenoxy) is 2. The van der Waals surface area contributed by atoms with E-state index in [1.165, 1.54) is 17.3 Å². The lowest BCUT2D eigenvalue weighted by atomic mass is 9.92. The number of imide groups is 1. The molecule has 0 saturated carbocycles. The Morgan fingerprint density at radius 3 is 2.23 bits per heavy atom. The average Bonchev–Trinajstić information content (AvgIpc) is 3.22. The molecule has 0 unspecified atom stereocenters. The second-order valence-corrected chi connectivity index (χ2v) is 7.72. The molecular weight excluding hydrogens is 392 g/mol. The molecule has 0 fully saturated rings. The Morgan fingerprint density at radius 2 is 1.61 bits per heavy atom. The second-order valence-electron chi connectivity index (χ2n) is 7.72. The summed E-state index contributed by atoms with van der Waals surface area (Å²) in [6.45, 7) is 2.62. The van der Waals surface area contributed by atoms with Crippen molar-refractivity contribution in [3.05, 3.63) is 70.3 Å². The molecule has 0 aromatic heterocycles. The number of rotatable bonds is 6. The molecule has 5 rings (SSSR count). The standard InChI is InChI=1S/C25H22N2O4/c1-3-12-31-20-11-4-15(13-21(20)30-2)14-26-27-24(28)18-9-7-16-5-6-17-8-10-19(25(27)29)23(18)22(16)17/h4,7-11,13-14H,3,5-6,12H2,1-2H3/b26-14-. The highest BCUT2D eigenvalue weighted by atomic mass is 16.5. The van der Waals surface area contributed by atoms with Crippen LogP contribution in [0, 0.1) is 0 Å². The third-order valence-electron chi connectivity index (χ3n) is 5.81. The van der Waals surface area contributed by atoms with Crippen LogP contribution in [0.4, 0.5) is 0 Å². The molecule has 1 aliphatic heterocycles. The molecule has 6 heteroatoms. The maximum absolute atomic E-state index is 13.1. The van der Waals surface area contributed by atoms with Crippen LogP contribution in [0.3, 0.4) is 0 Å². The SMILES string of the molecule is CCCOc1ccc(/C=N\N2C(=O)c3ccc4c5c(ccc(c35)C2=O)CC4)cc1OC. The zero-order valence-electron chi connectivity index (χ0n) is 17.5. The maximum atomic E-state index is 13.1. The van der Waals surface area contributed by atoms with E-state index in [1.807, 2.05) is 37.3 Å². The van der Waals surface area contributed by atoms with Crippen molar-refractivity contribution >= 4 is 28.8 Å². The fourth-order valence-corrected chi connectivity index (χ4v) is 4.33. The molecule has 0 radical (unpaired) electrons. The summed E-state index contributed by atoms with van der Waals surface area (Å²) in [6, 6.07) is 13.0. The molecule has 0 atom stereocenters. The van der Waals surface area contributed by atoms with Crippen molar-refractivity contribution in [1.29, 1.82) is 0 Å². The molecule has 0 saturated heterocycles. The van der Waals surface area contributed by atoms with E-state index in [2.05, 4.69) is 5.10 Å². The third-order valence-corrected chi connectivity index (χ3v) is 5.81. The van der Waals surface area contributed by atoms with Crippen LogP contribution < -0.4 is 9.47 Å². The van der Waals surface area contributed by atoms with Crippen LogP contribution in [0.1, 0.15) is 50.8 Å². The van der Waals surface area contributed by atoms with Gasteiger partial charge in [0.1, 0.15) is 0 Å². The molecular formula is C25H22N2O4. The molecule has 2 amide bonds. The Balaban J connectivity index is 1.49. The largest absolute Gasteiger partial charge is 0.493 e. The molecule has 3 aromatic carbocycles. The highest BCUT2D eigenvalue weighted by Crippen LogP contribution is 2.38. The maximum Gasteiger partial charge on any atom is 0.282 e. The number of nitrogens with zero attached hydrogens (tertiary/aromatic N) is 2. The lowest BCUT2D eigenvalue weighted by Crippen LogP contribution is -2.36. The van der Waals surface area contributed by atoms with E-state index in [0.29, 0.717) is 34.8 Å². The summed E-state index contributed by atoms with van der Waals surface area (Å²) in [7, 11) is 1.57. The van der Waals surface area contributed by atoms with Crippen molar-refractivity contribution in [2.45, 2.75) is 26.2 Å². The smallest absolute Gasteiger partial charge is 0.282 e. The van der Waals surface area contributed by atoms with Gasteiger partial charge in [-0.2, -0.15) is 10.1 Å². The van der Waals surface area contributed by atoms with Gasteiger partial charge >= 0.3 is 0 Å². The van der Waals surface area contributed by atoms with E-state index in [4.69, 9.17) is 9.47 Å². The molecule has 6 nitrogen and oxygen atoms in total. The van der Waals surface area contributed by atoms with Gasteiger partial charge in [-0.3, -0.25) is 9.59 Å². The number of carbonyl (C=O) groups is 2. The highest BCUT2D eigenvalue weighted by molar-refractivity contribution is 6.26. The Morgan fingerprint density at radius 1 is 0.935 bits per heavy atom. The molecule has 31 heavy (non-hydrogen) atoms. The van der Waals surface area contributed by atoms with E-state index in [1.54, 1.807) is 19.2 Å². The Kier molecular flexibility index (Phi) is 4.70. The Bertz CT molecular complexity index is 1200. The van der Waals surface area contributed by atoms with Crippen molar-refractivity contribution in [1.82, 2.24) is 5.01 Å². The summed E-state index contributed by atoms with van der Waals surface area (Å²) >= 11 is 0. The van der Waals surface area contributed by atoms with Gasteiger partial charge in [0.05, 0.1) is 31.1 Å². The molecule has 0 N–H and O–H groups in total. The van der Waals surface area contributed by atoms with Gasteiger partial charge in [0.2, 0.25) is 0 Å². The van der Waals surface area contributed by atoms with Crippen molar-refractivity contribution in [3.8, 4) is 11.5 Å². The Hall–Kier alpha value is -3.67. The van der Waals surface area contributed by atoms with Gasteiger partial charge in [-0.05, 0) is 71.7 Å². The normalized spacial score (nSPS) is 14.7. The lowest BCUT2D eigenvalue weighted by Gasteiger charge is -2.23. The van der Waals surface area contributed by atoms with Crippen LogP contribution in [-0.4, -0.2) is 36.8 Å². The lowest BCUT2D eigenvalue weighted by molar-refractivity contribution is 0.0616. The van der Waals surface area contributed by atoms with E-state index < -0.39 is 11.8 Å². The number of benzene rings is 3. The first-order valence-corrected chi connectivity index (χ1v) is 10.4. The summed E-state index contributed by atoms with van der Waals surface area (Å²) in [6.07, 6.45) is 4.27. The monoisotopic (exact) mass is 414 g/mol. The highest BCUT2D eigenvalue weighted by Gasteiger charge is 2.35. The third kappa shape index (κ3) is 3.06. The number of aryl methyl sites for hydroxylation is 2. The zero-order valence-corrected chi connectivity index (χ0v) is 17.5. The molecule has 0 spiro atoms. The minimum Gasteiger partial charge on any atom is -0.493 e. The van der Waals surface area contributed by atoms with Crippen molar-refractivity contribution in [2.75, 3.05) is 13.7 Å². The fourth-order valence-electron chi connectivity index (χ4n) is 4.33. The van der Waals surface area contributed by atoms with E-state index in [-0.39, 0.29) is 0 Å². The van der Waals surface area contributed by atoms with Crippen LogP contribution in [0.25, 0.3) is 10.8 Å². The predicted octanol–water partition coefficient (Wildman–Crippen LogP) is 4.37. The number of methoxy groups -OCH3 is 1. The van der Waals surface area contributed by atoms with Crippen LogP contribution in [0.5, 0.6) is 11.5 Å². The van der Waals surface area contributed by atoms with Crippen LogP contribution in [0.15, 0.2) is 47.6 Å².